The lowest BCUT2D eigenvalue weighted by molar-refractivity contribution is -0.114. The van der Waals surface area contributed by atoms with E-state index in [4.69, 9.17) is 4.74 Å². The third kappa shape index (κ3) is 4.75. The van der Waals surface area contributed by atoms with Crippen molar-refractivity contribution < 1.29 is 9.53 Å². The number of hydrogen-bond donors (Lipinski definition) is 2. The molecule has 1 aromatic heterocycles. The van der Waals surface area contributed by atoms with Crippen LogP contribution in [0.4, 0.5) is 11.4 Å². The molecule has 0 unspecified atom stereocenters. The van der Waals surface area contributed by atoms with Crippen LogP contribution in [0.25, 0.3) is 16.8 Å². The fraction of sp³-hybridized carbons (Fsp3) is 0.0952. The first-order valence-electron chi connectivity index (χ1n) is 8.44. The van der Waals surface area contributed by atoms with Crippen LogP contribution in [-0.2, 0) is 4.79 Å². The number of aromatic nitrogens is 1. The zero-order valence-electron chi connectivity index (χ0n) is 15.4. The number of nitriles is 1. The maximum Gasteiger partial charge on any atom is 0.221 e. The summed E-state index contributed by atoms with van der Waals surface area (Å²) < 4.78 is 5.25. The van der Waals surface area contributed by atoms with E-state index in [0.29, 0.717) is 16.3 Å². The van der Waals surface area contributed by atoms with Gasteiger partial charge in [-0.25, -0.2) is 4.98 Å². The highest BCUT2D eigenvalue weighted by molar-refractivity contribution is 7.11. The van der Waals surface area contributed by atoms with E-state index >= 15 is 0 Å². The Hall–Kier alpha value is -3.63. The quantitative estimate of drug-likeness (QED) is 0.593. The molecule has 1 amide bonds. The van der Waals surface area contributed by atoms with Crippen molar-refractivity contribution in [3.05, 3.63) is 65.1 Å². The van der Waals surface area contributed by atoms with Crippen molar-refractivity contribution in [2.45, 2.75) is 6.92 Å². The average Bonchev–Trinajstić information content (AvgIpc) is 3.19. The van der Waals surface area contributed by atoms with Gasteiger partial charge in [-0.3, -0.25) is 4.79 Å². The summed E-state index contributed by atoms with van der Waals surface area (Å²) in [6, 6.07) is 17.0. The molecule has 0 bridgehead atoms. The van der Waals surface area contributed by atoms with E-state index in [1.165, 1.54) is 18.3 Å². The summed E-state index contributed by atoms with van der Waals surface area (Å²) in [5, 5.41) is 17.8. The zero-order chi connectivity index (χ0) is 19.9. The Balaban J connectivity index is 1.75. The van der Waals surface area contributed by atoms with Gasteiger partial charge in [-0.05, 0) is 36.4 Å². The van der Waals surface area contributed by atoms with Crippen molar-refractivity contribution in [2.24, 2.45) is 0 Å². The molecule has 0 fully saturated rings. The summed E-state index contributed by atoms with van der Waals surface area (Å²) in [6.07, 6.45) is 1.63. The maximum atomic E-state index is 11.1. The molecule has 0 saturated carbocycles. The van der Waals surface area contributed by atoms with E-state index in [1.54, 1.807) is 25.4 Å². The fourth-order valence-corrected chi connectivity index (χ4v) is 3.26. The van der Waals surface area contributed by atoms with Crippen molar-refractivity contribution in [1.82, 2.24) is 4.98 Å². The molecule has 0 saturated heterocycles. The number of ether oxygens (including phenoxy) is 1. The number of amides is 1. The SMILES string of the molecule is COc1cccc(-c2csc(C(C#N)=CNc3ccc(NC(C)=O)cc3)n2)c1. The lowest BCUT2D eigenvalue weighted by Gasteiger charge is -2.05. The van der Waals surface area contributed by atoms with Gasteiger partial charge in [0.05, 0.1) is 12.8 Å². The fourth-order valence-electron chi connectivity index (χ4n) is 2.46. The number of anilines is 2. The first kappa shape index (κ1) is 19.1. The molecule has 140 valence electrons. The van der Waals surface area contributed by atoms with E-state index in [0.717, 1.165) is 22.7 Å². The van der Waals surface area contributed by atoms with E-state index in [-0.39, 0.29) is 5.91 Å². The molecular formula is C21H18N4O2S. The van der Waals surface area contributed by atoms with Gasteiger partial charge in [-0.15, -0.1) is 11.3 Å². The first-order chi connectivity index (χ1) is 13.6. The maximum absolute atomic E-state index is 11.1. The van der Waals surface area contributed by atoms with E-state index < -0.39 is 0 Å². The molecule has 0 atom stereocenters. The predicted molar refractivity (Wildman–Crippen MR) is 112 cm³/mol. The molecule has 1 heterocycles. The topological polar surface area (TPSA) is 87.0 Å². The number of methoxy groups -OCH3 is 1. The number of carbonyl (C=O) groups is 1. The molecule has 0 aliphatic rings. The Morgan fingerprint density at radius 2 is 1.96 bits per heavy atom. The third-order valence-electron chi connectivity index (χ3n) is 3.81. The van der Waals surface area contributed by atoms with Crippen LogP contribution in [0, 0.1) is 11.3 Å². The van der Waals surface area contributed by atoms with Crippen molar-refractivity contribution in [1.29, 1.82) is 5.26 Å². The summed E-state index contributed by atoms with van der Waals surface area (Å²) in [5.74, 6) is 0.635. The molecule has 0 aliphatic heterocycles. The van der Waals surface area contributed by atoms with Crippen LogP contribution in [0.2, 0.25) is 0 Å². The van der Waals surface area contributed by atoms with Gasteiger partial charge in [0, 0.05) is 35.4 Å². The summed E-state index contributed by atoms with van der Waals surface area (Å²) in [7, 11) is 1.62. The van der Waals surface area contributed by atoms with Crippen molar-refractivity contribution in [3.8, 4) is 23.1 Å². The molecule has 3 aromatic rings. The Morgan fingerprint density at radius 1 is 1.21 bits per heavy atom. The van der Waals surface area contributed by atoms with Crippen LogP contribution in [0.1, 0.15) is 11.9 Å². The molecule has 0 aliphatic carbocycles. The van der Waals surface area contributed by atoms with Crippen LogP contribution in [0.15, 0.2) is 60.1 Å². The highest BCUT2D eigenvalue weighted by atomic mass is 32.1. The number of rotatable bonds is 6. The van der Waals surface area contributed by atoms with Gasteiger partial charge in [-0.2, -0.15) is 5.26 Å². The molecule has 3 rings (SSSR count). The first-order valence-corrected chi connectivity index (χ1v) is 9.32. The van der Waals surface area contributed by atoms with Crippen LogP contribution >= 0.6 is 11.3 Å². The average molecular weight is 390 g/mol. The van der Waals surface area contributed by atoms with Gasteiger partial charge in [0.1, 0.15) is 22.4 Å². The second kappa shape index (κ2) is 8.84. The van der Waals surface area contributed by atoms with E-state index in [9.17, 15) is 10.1 Å². The minimum absolute atomic E-state index is 0.122. The largest absolute Gasteiger partial charge is 0.497 e. The summed E-state index contributed by atoms with van der Waals surface area (Å²) in [6.45, 7) is 1.46. The smallest absolute Gasteiger partial charge is 0.221 e. The predicted octanol–water partition coefficient (Wildman–Crippen LogP) is 4.75. The Labute approximate surface area is 167 Å². The van der Waals surface area contributed by atoms with Gasteiger partial charge in [0.25, 0.3) is 0 Å². The van der Waals surface area contributed by atoms with Crippen molar-refractivity contribution in [2.75, 3.05) is 17.7 Å². The van der Waals surface area contributed by atoms with Gasteiger partial charge in [-0.1, -0.05) is 12.1 Å². The molecular weight excluding hydrogens is 372 g/mol. The number of carbonyl (C=O) groups excluding carboxylic acids is 1. The number of benzene rings is 2. The van der Waals surface area contributed by atoms with Crippen LogP contribution in [0.3, 0.4) is 0 Å². The number of allylic oxidation sites excluding steroid dienone is 1. The molecule has 2 N–H and O–H groups in total. The second-order valence-corrected chi connectivity index (χ2v) is 6.70. The normalized spacial score (nSPS) is 10.8. The molecule has 7 heteroatoms. The Bertz CT molecular complexity index is 1050. The van der Waals surface area contributed by atoms with E-state index in [1.807, 2.05) is 41.8 Å². The number of nitrogens with zero attached hydrogens (tertiary/aromatic N) is 2. The highest BCUT2D eigenvalue weighted by Gasteiger charge is 2.09. The molecule has 2 aromatic carbocycles. The van der Waals surface area contributed by atoms with Crippen LogP contribution in [0.5, 0.6) is 5.75 Å². The zero-order valence-corrected chi connectivity index (χ0v) is 16.2. The number of nitrogens with one attached hydrogen (secondary N) is 2. The standard InChI is InChI=1S/C21H18N4O2S/c1-14(26)24-18-8-6-17(7-9-18)23-12-16(11-22)21-25-20(13-28-21)15-4-3-5-19(10-15)27-2/h3-10,12-13,23H,1-2H3,(H,24,26). The lowest BCUT2D eigenvalue weighted by Crippen LogP contribution is -2.05. The minimum Gasteiger partial charge on any atom is -0.497 e. The molecule has 28 heavy (non-hydrogen) atoms. The van der Waals surface area contributed by atoms with Crippen molar-refractivity contribution >= 4 is 34.2 Å². The lowest BCUT2D eigenvalue weighted by atomic mass is 10.1. The Morgan fingerprint density at radius 3 is 2.64 bits per heavy atom. The van der Waals surface area contributed by atoms with Gasteiger partial charge >= 0.3 is 0 Å². The summed E-state index contributed by atoms with van der Waals surface area (Å²) in [4.78, 5) is 15.6. The Kier molecular flexibility index (Phi) is 6.04. The summed E-state index contributed by atoms with van der Waals surface area (Å²) >= 11 is 1.40. The minimum atomic E-state index is -0.122. The summed E-state index contributed by atoms with van der Waals surface area (Å²) in [5.41, 5.74) is 3.67. The molecule has 6 nitrogen and oxygen atoms in total. The second-order valence-electron chi connectivity index (χ2n) is 5.84. The van der Waals surface area contributed by atoms with Crippen molar-refractivity contribution in [3.63, 3.8) is 0 Å². The van der Waals surface area contributed by atoms with Gasteiger partial charge in [0.15, 0.2) is 0 Å². The molecule has 0 spiro atoms. The third-order valence-corrected chi connectivity index (χ3v) is 4.68. The van der Waals surface area contributed by atoms with Crippen LogP contribution in [-0.4, -0.2) is 18.0 Å². The number of thiazole rings is 1. The highest BCUT2D eigenvalue weighted by Crippen LogP contribution is 2.28. The van der Waals surface area contributed by atoms with E-state index in [2.05, 4.69) is 21.7 Å². The number of hydrogen-bond acceptors (Lipinski definition) is 6. The van der Waals surface area contributed by atoms with Gasteiger partial charge < -0.3 is 15.4 Å². The van der Waals surface area contributed by atoms with Gasteiger partial charge in [0.2, 0.25) is 5.91 Å². The van der Waals surface area contributed by atoms with Crippen LogP contribution < -0.4 is 15.4 Å². The monoisotopic (exact) mass is 390 g/mol. The molecule has 0 radical (unpaired) electrons.